The van der Waals surface area contributed by atoms with Crippen LogP contribution in [0.2, 0.25) is 0 Å². The molecule has 0 saturated carbocycles. The SMILES string of the molecule is O=S(=O)(O)COc1ccncn1.[NaH]. The van der Waals surface area contributed by atoms with Crippen molar-refractivity contribution in [3.63, 3.8) is 0 Å². The van der Waals surface area contributed by atoms with Crippen LogP contribution in [0.5, 0.6) is 5.88 Å². The third kappa shape index (κ3) is 5.94. The van der Waals surface area contributed by atoms with Gasteiger partial charge in [-0.15, -0.1) is 0 Å². The van der Waals surface area contributed by atoms with Crippen LogP contribution >= 0.6 is 0 Å². The number of hydrogen-bond acceptors (Lipinski definition) is 5. The zero-order valence-corrected chi connectivity index (χ0v) is 6.73. The number of hydrogen-bond donors (Lipinski definition) is 1. The summed E-state index contributed by atoms with van der Waals surface area (Å²) in [5.41, 5.74) is 0. The molecular weight excluding hydrogens is 207 g/mol. The van der Waals surface area contributed by atoms with Gasteiger partial charge < -0.3 is 4.74 Å². The van der Waals surface area contributed by atoms with Crippen molar-refractivity contribution in [2.45, 2.75) is 0 Å². The molecule has 0 aliphatic rings. The summed E-state index contributed by atoms with van der Waals surface area (Å²) in [6.45, 7) is 0. The summed E-state index contributed by atoms with van der Waals surface area (Å²) in [4.78, 5) is 7.16. The van der Waals surface area contributed by atoms with Crippen LogP contribution in [0, 0.1) is 0 Å². The summed E-state index contributed by atoms with van der Waals surface area (Å²) in [5, 5.41) is 0. The van der Waals surface area contributed by atoms with E-state index in [1.54, 1.807) is 0 Å². The molecular formula is C5H7N2NaO4S. The molecule has 0 spiro atoms. The second kappa shape index (κ2) is 5.51. The van der Waals surface area contributed by atoms with E-state index in [-0.39, 0.29) is 35.4 Å². The molecule has 1 aromatic heterocycles. The molecule has 1 N–H and O–H groups in total. The van der Waals surface area contributed by atoms with Crippen molar-refractivity contribution in [2.24, 2.45) is 0 Å². The van der Waals surface area contributed by atoms with Gasteiger partial charge in [0.15, 0.2) is 0 Å². The monoisotopic (exact) mass is 214 g/mol. The Balaban J connectivity index is 0.00000144. The van der Waals surface area contributed by atoms with Crippen LogP contribution in [-0.2, 0) is 10.1 Å². The summed E-state index contributed by atoms with van der Waals surface area (Å²) in [6, 6.07) is 1.38. The van der Waals surface area contributed by atoms with E-state index in [9.17, 15) is 8.42 Å². The van der Waals surface area contributed by atoms with Gasteiger partial charge in [0.25, 0.3) is 0 Å². The standard InChI is InChI=1S/C5H6N2O4S.Na.H/c8-12(9,10)4-11-5-1-2-6-3-7-5;;/h1-3H,4H2,(H,8,9,10);;. The number of nitrogens with zero attached hydrogens (tertiary/aromatic N) is 2. The van der Waals surface area contributed by atoms with Crippen molar-refractivity contribution >= 4 is 39.7 Å². The zero-order valence-electron chi connectivity index (χ0n) is 5.91. The van der Waals surface area contributed by atoms with Crippen LogP contribution in [0.3, 0.4) is 0 Å². The van der Waals surface area contributed by atoms with Crippen molar-refractivity contribution in [1.29, 1.82) is 0 Å². The molecule has 0 fully saturated rings. The summed E-state index contributed by atoms with van der Waals surface area (Å²) in [7, 11) is -4.10. The molecule has 6 nitrogen and oxygen atoms in total. The van der Waals surface area contributed by atoms with Gasteiger partial charge in [0.2, 0.25) is 11.8 Å². The molecule has 0 unspecified atom stereocenters. The fourth-order valence-corrected chi connectivity index (χ4v) is 0.768. The Kier molecular flexibility index (Phi) is 5.42. The van der Waals surface area contributed by atoms with Crippen LogP contribution in [0.15, 0.2) is 18.6 Å². The van der Waals surface area contributed by atoms with Gasteiger partial charge in [-0.3, -0.25) is 4.55 Å². The van der Waals surface area contributed by atoms with Crippen LogP contribution in [0.1, 0.15) is 0 Å². The van der Waals surface area contributed by atoms with Gasteiger partial charge in [0, 0.05) is 12.3 Å². The molecule has 0 radical (unpaired) electrons. The molecule has 13 heavy (non-hydrogen) atoms. The summed E-state index contributed by atoms with van der Waals surface area (Å²) in [5.74, 6) is -0.702. The van der Waals surface area contributed by atoms with E-state index in [1.807, 2.05) is 0 Å². The first-order chi connectivity index (χ1) is 5.58. The first kappa shape index (κ1) is 12.8. The predicted octanol–water partition coefficient (Wildman–Crippen LogP) is -0.948. The fraction of sp³-hybridized carbons (Fsp3) is 0.200. The maximum atomic E-state index is 10.2. The zero-order chi connectivity index (χ0) is 9.03. The van der Waals surface area contributed by atoms with E-state index in [4.69, 9.17) is 4.55 Å². The summed E-state index contributed by atoms with van der Waals surface area (Å²) in [6.07, 6.45) is 2.60. The first-order valence-electron chi connectivity index (χ1n) is 2.92. The van der Waals surface area contributed by atoms with E-state index in [1.165, 1.54) is 18.6 Å². The van der Waals surface area contributed by atoms with Gasteiger partial charge in [0.1, 0.15) is 6.33 Å². The molecule has 0 aromatic carbocycles. The maximum absolute atomic E-state index is 10.2. The molecule has 0 aliphatic carbocycles. The second-order valence-electron chi connectivity index (χ2n) is 1.89. The number of rotatable bonds is 3. The molecule has 68 valence electrons. The Morgan fingerprint density at radius 3 is 2.69 bits per heavy atom. The molecule has 0 amide bonds. The van der Waals surface area contributed by atoms with Gasteiger partial charge in [-0.2, -0.15) is 8.42 Å². The minimum absolute atomic E-state index is 0. The van der Waals surface area contributed by atoms with E-state index in [0.717, 1.165) is 0 Å². The predicted molar refractivity (Wildman–Crippen MR) is 46.2 cm³/mol. The average Bonchev–Trinajstić information content (AvgIpc) is 2.02. The molecule has 8 heteroatoms. The molecule has 0 aliphatic heterocycles. The van der Waals surface area contributed by atoms with Crippen molar-refractivity contribution in [1.82, 2.24) is 9.97 Å². The third-order valence-corrected chi connectivity index (χ3v) is 1.33. The van der Waals surface area contributed by atoms with Crippen molar-refractivity contribution < 1.29 is 17.7 Å². The van der Waals surface area contributed by atoms with Crippen LogP contribution in [-0.4, -0.2) is 58.4 Å². The quantitative estimate of drug-likeness (QED) is 0.515. The summed E-state index contributed by atoms with van der Waals surface area (Å²) < 4.78 is 33.2. The van der Waals surface area contributed by atoms with E-state index in [2.05, 4.69) is 14.7 Å². The molecule has 0 saturated heterocycles. The van der Waals surface area contributed by atoms with Crippen LogP contribution in [0.25, 0.3) is 0 Å². The van der Waals surface area contributed by atoms with E-state index in [0.29, 0.717) is 0 Å². The first-order valence-corrected chi connectivity index (χ1v) is 4.53. The van der Waals surface area contributed by atoms with Gasteiger partial charge in [-0.05, 0) is 0 Å². The van der Waals surface area contributed by atoms with Gasteiger partial charge in [-0.1, -0.05) is 0 Å². The number of ether oxygens (including phenoxy) is 1. The van der Waals surface area contributed by atoms with Gasteiger partial charge in [0.05, 0.1) is 0 Å². The Morgan fingerprint density at radius 2 is 2.23 bits per heavy atom. The van der Waals surface area contributed by atoms with Crippen molar-refractivity contribution in [3.05, 3.63) is 18.6 Å². The average molecular weight is 214 g/mol. The van der Waals surface area contributed by atoms with E-state index < -0.39 is 16.1 Å². The fourth-order valence-electron chi connectivity index (χ4n) is 0.499. The van der Waals surface area contributed by atoms with E-state index >= 15 is 0 Å². The Morgan fingerprint density at radius 1 is 1.54 bits per heavy atom. The normalized spacial score (nSPS) is 10.2. The topological polar surface area (TPSA) is 89.4 Å². The Bertz CT molecular complexity index is 341. The minimum atomic E-state index is -4.10. The molecule has 1 aromatic rings. The molecule has 0 atom stereocenters. The van der Waals surface area contributed by atoms with Gasteiger partial charge in [-0.25, -0.2) is 9.97 Å². The molecule has 0 bridgehead atoms. The Hall–Kier alpha value is -0.210. The van der Waals surface area contributed by atoms with Crippen molar-refractivity contribution in [3.8, 4) is 5.88 Å². The Labute approximate surface area is 97.4 Å². The summed E-state index contributed by atoms with van der Waals surface area (Å²) >= 11 is 0. The third-order valence-electron chi connectivity index (χ3n) is 0.911. The number of aromatic nitrogens is 2. The van der Waals surface area contributed by atoms with Crippen LogP contribution in [0.4, 0.5) is 0 Å². The van der Waals surface area contributed by atoms with Crippen LogP contribution < -0.4 is 4.74 Å². The molecule has 1 rings (SSSR count). The van der Waals surface area contributed by atoms with Gasteiger partial charge >= 0.3 is 39.7 Å². The second-order valence-corrected chi connectivity index (χ2v) is 3.29. The van der Waals surface area contributed by atoms with Crippen molar-refractivity contribution in [2.75, 3.05) is 5.94 Å². The molecule has 1 heterocycles.